The number of allylic oxidation sites excluding steroid dienone is 2. The number of carboxylic acid groups (broad SMARTS) is 1. The highest BCUT2D eigenvalue weighted by atomic mass is 16.4. The monoisotopic (exact) mass is 293 g/mol. The molecule has 0 aromatic carbocycles. The summed E-state index contributed by atoms with van der Waals surface area (Å²) in [6, 6.07) is -0.163. The minimum atomic E-state index is -0.872. The Hall–Kier alpha value is -1.36. The Bertz CT molecular complexity index is 475. The zero-order valence-corrected chi connectivity index (χ0v) is 12.3. The van der Waals surface area contributed by atoms with Crippen LogP contribution in [0.25, 0.3) is 0 Å². The zero-order chi connectivity index (χ0) is 15.1. The molecule has 2 fully saturated rings. The van der Waals surface area contributed by atoms with Crippen molar-refractivity contribution in [3.05, 3.63) is 12.2 Å². The van der Waals surface area contributed by atoms with Crippen molar-refractivity contribution in [3.8, 4) is 0 Å². The number of carbonyl (C=O) groups is 2. The predicted octanol–water partition coefficient (Wildman–Crippen LogP) is 1.27. The third-order valence-electron chi connectivity index (χ3n) is 5.57. The van der Waals surface area contributed by atoms with Gasteiger partial charge in [0.2, 0.25) is 5.91 Å². The first-order chi connectivity index (χ1) is 10.0. The third kappa shape index (κ3) is 2.37. The Balaban J connectivity index is 1.77. The molecule has 2 N–H and O–H groups in total. The number of fused-ring (bicyclic) bond motifs is 2. The zero-order valence-electron chi connectivity index (χ0n) is 12.3. The highest BCUT2D eigenvalue weighted by molar-refractivity contribution is 5.87. The number of aliphatic carboxylic acids is 1. The lowest BCUT2D eigenvalue weighted by atomic mass is 9.81. The maximum atomic E-state index is 12.8. The van der Waals surface area contributed by atoms with Crippen molar-refractivity contribution >= 4 is 11.9 Å². The third-order valence-corrected chi connectivity index (χ3v) is 5.57. The molecule has 3 rings (SSSR count). The average Bonchev–Trinajstić information content (AvgIpc) is 3.06. The summed E-state index contributed by atoms with van der Waals surface area (Å²) < 4.78 is 0. The summed E-state index contributed by atoms with van der Waals surface area (Å²) in [5.41, 5.74) is 0. The second kappa shape index (κ2) is 5.44. The number of aliphatic hydroxyl groups excluding tert-OH is 1. The van der Waals surface area contributed by atoms with Gasteiger partial charge in [0.1, 0.15) is 0 Å². The van der Waals surface area contributed by atoms with Crippen LogP contribution in [0.5, 0.6) is 0 Å². The molecule has 0 spiro atoms. The summed E-state index contributed by atoms with van der Waals surface area (Å²) >= 11 is 0. The Morgan fingerprint density at radius 2 is 1.71 bits per heavy atom. The van der Waals surface area contributed by atoms with Crippen LogP contribution in [0.3, 0.4) is 0 Å². The second-order valence-corrected chi connectivity index (χ2v) is 6.71. The van der Waals surface area contributed by atoms with Crippen LogP contribution in [-0.2, 0) is 9.59 Å². The summed E-state index contributed by atoms with van der Waals surface area (Å²) in [5, 5.41) is 19.6. The van der Waals surface area contributed by atoms with Crippen molar-refractivity contribution < 1.29 is 19.8 Å². The topological polar surface area (TPSA) is 77.8 Å². The first kappa shape index (κ1) is 14.6. The molecule has 21 heavy (non-hydrogen) atoms. The molecule has 1 amide bonds. The fourth-order valence-corrected chi connectivity index (χ4v) is 4.44. The lowest BCUT2D eigenvalue weighted by Gasteiger charge is -2.38. The minimum absolute atomic E-state index is 0.00821. The Kier molecular flexibility index (Phi) is 3.78. The van der Waals surface area contributed by atoms with Crippen LogP contribution < -0.4 is 0 Å². The van der Waals surface area contributed by atoms with Crippen molar-refractivity contribution in [1.82, 2.24) is 4.90 Å². The van der Waals surface area contributed by atoms with Gasteiger partial charge in [-0.25, -0.2) is 0 Å². The Morgan fingerprint density at radius 1 is 1.10 bits per heavy atom. The molecule has 4 unspecified atom stereocenters. The van der Waals surface area contributed by atoms with E-state index in [-0.39, 0.29) is 23.8 Å². The molecular weight excluding hydrogens is 270 g/mol. The SMILES string of the molecule is CN(C(=O)[C@H]1C2C=CC(C2)[C@H]1C(=O)O)C1CCCCC1O. The van der Waals surface area contributed by atoms with E-state index in [0.29, 0.717) is 0 Å². The van der Waals surface area contributed by atoms with Crippen LogP contribution >= 0.6 is 0 Å². The number of hydrogen-bond donors (Lipinski definition) is 2. The van der Waals surface area contributed by atoms with Crippen LogP contribution in [0, 0.1) is 23.7 Å². The van der Waals surface area contributed by atoms with E-state index >= 15 is 0 Å². The van der Waals surface area contributed by atoms with Crippen LogP contribution in [0.1, 0.15) is 32.1 Å². The largest absolute Gasteiger partial charge is 0.481 e. The number of carboxylic acids is 1. The van der Waals surface area contributed by atoms with Crippen molar-refractivity contribution in [2.75, 3.05) is 7.05 Å². The molecule has 3 aliphatic rings. The normalized spacial score (nSPS) is 41.2. The van der Waals surface area contributed by atoms with E-state index in [1.165, 1.54) is 0 Å². The van der Waals surface area contributed by atoms with E-state index in [2.05, 4.69) is 0 Å². The van der Waals surface area contributed by atoms with Crippen molar-refractivity contribution in [2.24, 2.45) is 23.7 Å². The van der Waals surface area contributed by atoms with Crippen LogP contribution in [0.15, 0.2) is 12.2 Å². The lowest BCUT2D eigenvalue weighted by Crippen LogP contribution is -2.50. The van der Waals surface area contributed by atoms with Gasteiger partial charge in [-0.05, 0) is 31.1 Å². The second-order valence-electron chi connectivity index (χ2n) is 6.71. The van der Waals surface area contributed by atoms with Gasteiger partial charge in [0.25, 0.3) is 0 Å². The van der Waals surface area contributed by atoms with Crippen LogP contribution in [0.2, 0.25) is 0 Å². The first-order valence-electron chi connectivity index (χ1n) is 7.86. The molecule has 0 radical (unpaired) electrons. The first-order valence-corrected chi connectivity index (χ1v) is 7.86. The van der Waals surface area contributed by atoms with Gasteiger partial charge in [0, 0.05) is 7.05 Å². The standard InChI is InChI=1S/C16H23NO4/c1-17(11-4-2-3-5-12(11)18)15(19)13-9-6-7-10(8-9)14(13)16(20)21/h6-7,9-14,18H,2-5,8H2,1H3,(H,20,21)/t9?,10?,11?,12?,13-,14+/m0/s1. The molecule has 0 heterocycles. The average molecular weight is 293 g/mol. The molecule has 6 atom stereocenters. The number of rotatable bonds is 3. The molecule has 2 saturated carbocycles. The minimum Gasteiger partial charge on any atom is -0.481 e. The fourth-order valence-electron chi connectivity index (χ4n) is 4.44. The van der Waals surface area contributed by atoms with Crippen LogP contribution in [-0.4, -0.2) is 46.2 Å². The maximum Gasteiger partial charge on any atom is 0.307 e. The van der Waals surface area contributed by atoms with Gasteiger partial charge in [-0.2, -0.15) is 0 Å². The van der Waals surface area contributed by atoms with E-state index in [9.17, 15) is 19.8 Å². The lowest BCUT2D eigenvalue weighted by molar-refractivity contribution is -0.152. The van der Waals surface area contributed by atoms with Crippen molar-refractivity contribution in [1.29, 1.82) is 0 Å². The van der Waals surface area contributed by atoms with Crippen LogP contribution in [0.4, 0.5) is 0 Å². The van der Waals surface area contributed by atoms with Gasteiger partial charge in [0.05, 0.1) is 24.0 Å². The van der Waals surface area contributed by atoms with Gasteiger partial charge in [-0.1, -0.05) is 25.0 Å². The number of hydrogen-bond acceptors (Lipinski definition) is 3. The van der Waals surface area contributed by atoms with Gasteiger partial charge >= 0.3 is 5.97 Å². The summed E-state index contributed by atoms with van der Waals surface area (Å²) in [7, 11) is 1.72. The molecule has 3 aliphatic carbocycles. The van der Waals surface area contributed by atoms with Crippen molar-refractivity contribution in [2.45, 2.75) is 44.2 Å². The highest BCUT2D eigenvalue weighted by Gasteiger charge is 2.53. The Labute approximate surface area is 124 Å². The molecule has 0 aromatic rings. The van der Waals surface area contributed by atoms with Gasteiger partial charge in [-0.3, -0.25) is 9.59 Å². The number of likely N-dealkylation sites (N-methyl/N-ethyl adjacent to an activating group) is 1. The maximum absolute atomic E-state index is 12.8. The number of aliphatic hydroxyl groups is 1. The van der Waals surface area contributed by atoms with E-state index in [1.54, 1.807) is 11.9 Å². The van der Waals surface area contributed by atoms with E-state index in [1.807, 2.05) is 12.2 Å². The van der Waals surface area contributed by atoms with Gasteiger partial charge in [0.15, 0.2) is 0 Å². The van der Waals surface area contributed by atoms with E-state index in [4.69, 9.17) is 0 Å². The summed E-state index contributed by atoms with van der Waals surface area (Å²) in [6.45, 7) is 0. The highest BCUT2D eigenvalue weighted by Crippen LogP contribution is 2.49. The molecule has 0 aliphatic heterocycles. The molecule has 0 aromatic heterocycles. The number of amides is 1. The molecule has 116 valence electrons. The number of carbonyl (C=O) groups excluding carboxylic acids is 1. The molecule has 5 nitrogen and oxygen atoms in total. The smallest absolute Gasteiger partial charge is 0.307 e. The Morgan fingerprint density at radius 3 is 2.33 bits per heavy atom. The summed E-state index contributed by atoms with van der Waals surface area (Å²) in [6.07, 6.45) is 7.77. The van der Waals surface area contributed by atoms with Crippen molar-refractivity contribution in [3.63, 3.8) is 0 Å². The predicted molar refractivity (Wildman–Crippen MR) is 76.4 cm³/mol. The van der Waals surface area contributed by atoms with Gasteiger partial charge < -0.3 is 15.1 Å². The van der Waals surface area contributed by atoms with E-state index < -0.39 is 23.9 Å². The van der Waals surface area contributed by atoms with Gasteiger partial charge in [-0.15, -0.1) is 0 Å². The van der Waals surface area contributed by atoms with E-state index in [0.717, 1.165) is 32.1 Å². The molecule has 5 heteroatoms. The number of nitrogens with zero attached hydrogens (tertiary/aromatic N) is 1. The molecule has 2 bridgehead atoms. The summed E-state index contributed by atoms with van der Waals surface area (Å²) in [4.78, 5) is 26.0. The fraction of sp³-hybridized carbons (Fsp3) is 0.750. The molecule has 0 saturated heterocycles. The quantitative estimate of drug-likeness (QED) is 0.768. The molecular formula is C16H23NO4. The summed E-state index contributed by atoms with van der Waals surface area (Å²) in [5.74, 6) is -2.00.